The van der Waals surface area contributed by atoms with Gasteiger partial charge in [0.05, 0.1) is 11.9 Å². The third-order valence-corrected chi connectivity index (χ3v) is 1.32. The van der Waals surface area contributed by atoms with Crippen molar-refractivity contribution in [1.82, 2.24) is 10.2 Å². The summed E-state index contributed by atoms with van der Waals surface area (Å²) in [4.78, 5) is 21.4. The maximum atomic E-state index is 10.8. The van der Waals surface area contributed by atoms with Crippen LogP contribution < -0.4 is 5.32 Å². The number of Topliss-reactive ketones (excluding diaryl/α,β-unsaturated/α-hetero) is 1. The van der Waals surface area contributed by atoms with Crippen LogP contribution in [0.4, 0.5) is 5.69 Å². The van der Waals surface area contributed by atoms with E-state index in [1.165, 1.54) is 6.20 Å². The average molecular weight is 137 g/mol. The van der Waals surface area contributed by atoms with E-state index in [0.717, 1.165) is 0 Å². The number of anilines is 1. The number of amides is 1. The number of H-pyrrole nitrogens is 1. The van der Waals surface area contributed by atoms with E-state index in [4.69, 9.17) is 0 Å². The first-order valence-corrected chi connectivity index (χ1v) is 2.68. The summed E-state index contributed by atoms with van der Waals surface area (Å²) < 4.78 is 0. The fraction of sp³-hybridized carbons (Fsp3) is 0. The molecule has 0 spiro atoms. The minimum Gasteiger partial charge on any atom is -0.316 e. The van der Waals surface area contributed by atoms with Crippen molar-refractivity contribution in [2.45, 2.75) is 0 Å². The van der Waals surface area contributed by atoms with Gasteiger partial charge in [0, 0.05) is 0 Å². The number of nitrogens with zero attached hydrogens (tertiary/aromatic N) is 1. The minimum absolute atomic E-state index is 0.255. The Morgan fingerprint density at radius 1 is 1.40 bits per heavy atom. The molecule has 1 aliphatic heterocycles. The largest absolute Gasteiger partial charge is 0.316 e. The van der Waals surface area contributed by atoms with Crippen molar-refractivity contribution in [2.75, 3.05) is 5.32 Å². The molecular formula is C5H3N3O2. The molecule has 0 saturated heterocycles. The molecule has 10 heavy (non-hydrogen) atoms. The number of carbonyl (C=O) groups is 2. The predicted octanol–water partition coefficient (Wildman–Crippen LogP) is -0.456. The molecule has 1 aliphatic rings. The zero-order valence-corrected chi connectivity index (χ0v) is 4.84. The molecule has 50 valence electrons. The fourth-order valence-corrected chi connectivity index (χ4v) is 0.847. The van der Waals surface area contributed by atoms with Crippen molar-refractivity contribution in [3.63, 3.8) is 0 Å². The summed E-state index contributed by atoms with van der Waals surface area (Å²) in [6.45, 7) is 0. The number of hydrogen-bond acceptors (Lipinski definition) is 3. The van der Waals surface area contributed by atoms with Gasteiger partial charge >= 0.3 is 0 Å². The highest BCUT2D eigenvalue weighted by atomic mass is 16.2. The summed E-state index contributed by atoms with van der Waals surface area (Å²) in [5.41, 5.74) is 0.722. The van der Waals surface area contributed by atoms with E-state index in [9.17, 15) is 9.59 Å². The van der Waals surface area contributed by atoms with E-state index in [-0.39, 0.29) is 5.69 Å². The van der Waals surface area contributed by atoms with Gasteiger partial charge in [0.2, 0.25) is 0 Å². The summed E-state index contributed by atoms with van der Waals surface area (Å²) in [6, 6.07) is 0. The lowest BCUT2D eigenvalue weighted by Crippen LogP contribution is -2.13. The molecule has 1 amide bonds. The van der Waals surface area contributed by atoms with Crippen LogP contribution in [0.2, 0.25) is 0 Å². The molecule has 1 aromatic rings. The monoisotopic (exact) mass is 137 g/mol. The molecule has 0 atom stereocenters. The maximum Gasteiger partial charge on any atom is 0.298 e. The predicted molar refractivity (Wildman–Crippen MR) is 31.5 cm³/mol. The second-order valence-electron chi connectivity index (χ2n) is 1.94. The second-order valence-corrected chi connectivity index (χ2v) is 1.94. The van der Waals surface area contributed by atoms with Gasteiger partial charge in [-0.2, -0.15) is 5.10 Å². The summed E-state index contributed by atoms with van der Waals surface area (Å²) in [7, 11) is 0. The molecule has 0 fully saturated rings. The maximum absolute atomic E-state index is 10.8. The lowest BCUT2D eigenvalue weighted by atomic mass is 10.3. The van der Waals surface area contributed by atoms with Crippen molar-refractivity contribution in [3.05, 3.63) is 11.9 Å². The molecule has 0 aromatic carbocycles. The number of hydrogen-bond donors (Lipinski definition) is 2. The van der Waals surface area contributed by atoms with Crippen LogP contribution in [0, 0.1) is 0 Å². The molecule has 2 N–H and O–H groups in total. The minimum atomic E-state index is -0.594. The van der Waals surface area contributed by atoms with Crippen LogP contribution in [0.25, 0.3) is 0 Å². The van der Waals surface area contributed by atoms with Crippen LogP contribution in [0.5, 0.6) is 0 Å². The van der Waals surface area contributed by atoms with E-state index < -0.39 is 11.7 Å². The fourth-order valence-electron chi connectivity index (χ4n) is 0.847. The molecule has 0 saturated carbocycles. The number of ketones is 1. The van der Waals surface area contributed by atoms with Gasteiger partial charge in [0.15, 0.2) is 0 Å². The first-order chi connectivity index (χ1) is 4.79. The Hall–Kier alpha value is -1.65. The quantitative estimate of drug-likeness (QED) is 0.475. The highest BCUT2D eigenvalue weighted by Crippen LogP contribution is 2.18. The molecule has 0 aliphatic carbocycles. The zero-order chi connectivity index (χ0) is 7.14. The van der Waals surface area contributed by atoms with Crippen molar-refractivity contribution in [1.29, 1.82) is 0 Å². The lowest BCUT2D eigenvalue weighted by molar-refractivity contribution is -0.112. The molecule has 2 heterocycles. The third kappa shape index (κ3) is 0.439. The van der Waals surface area contributed by atoms with Gasteiger partial charge in [-0.3, -0.25) is 14.7 Å². The topological polar surface area (TPSA) is 74.8 Å². The van der Waals surface area contributed by atoms with Crippen molar-refractivity contribution in [3.8, 4) is 0 Å². The molecule has 1 aromatic heterocycles. The highest BCUT2D eigenvalue weighted by molar-refractivity contribution is 6.51. The second kappa shape index (κ2) is 1.44. The Bertz CT molecular complexity index is 314. The van der Waals surface area contributed by atoms with Crippen molar-refractivity contribution < 1.29 is 9.59 Å². The van der Waals surface area contributed by atoms with Crippen LogP contribution in [-0.2, 0) is 4.79 Å². The zero-order valence-electron chi connectivity index (χ0n) is 4.84. The van der Waals surface area contributed by atoms with Crippen LogP contribution >= 0.6 is 0 Å². The lowest BCUT2D eigenvalue weighted by Gasteiger charge is -1.82. The molecule has 0 unspecified atom stereocenters. The van der Waals surface area contributed by atoms with Gasteiger partial charge in [0.25, 0.3) is 11.7 Å². The van der Waals surface area contributed by atoms with Crippen molar-refractivity contribution in [2.24, 2.45) is 0 Å². The number of carbonyl (C=O) groups excluding carboxylic acids is 2. The SMILES string of the molecule is O=C1Nc2cn[nH]c2C1=O. The standard InChI is InChI=1S/C5H3N3O2/c9-4-3-2(1-6-8-3)7-5(4)10/h1H,(H,6,8)(H,7,9,10). The Labute approximate surface area is 55.4 Å². The molecule has 0 radical (unpaired) electrons. The third-order valence-electron chi connectivity index (χ3n) is 1.32. The average Bonchev–Trinajstić information content (AvgIpc) is 2.41. The molecule has 2 rings (SSSR count). The van der Waals surface area contributed by atoms with E-state index in [1.807, 2.05) is 0 Å². The molecule has 5 heteroatoms. The van der Waals surface area contributed by atoms with Gasteiger partial charge in [-0.05, 0) is 0 Å². The number of nitrogens with one attached hydrogen (secondary N) is 2. The van der Waals surface area contributed by atoms with Crippen molar-refractivity contribution >= 4 is 17.4 Å². The summed E-state index contributed by atoms with van der Waals surface area (Å²) in [6.07, 6.45) is 1.40. The van der Waals surface area contributed by atoms with Crippen LogP contribution in [0.1, 0.15) is 10.5 Å². The van der Waals surface area contributed by atoms with E-state index in [0.29, 0.717) is 5.69 Å². The Morgan fingerprint density at radius 2 is 2.20 bits per heavy atom. The first kappa shape index (κ1) is 5.16. The normalized spacial score (nSPS) is 15.2. The summed E-state index contributed by atoms with van der Waals surface area (Å²) in [5, 5.41) is 8.33. The van der Waals surface area contributed by atoms with E-state index in [1.54, 1.807) is 0 Å². The number of fused-ring (bicyclic) bond motifs is 1. The molecule has 0 bridgehead atoms. The summed E-state index contributed by atoms with van der Waals surface area (Å²) in [5.74, 6) is -1.14. The smallest absolute Gasteiger partial charge is 0.298 e. The van der Waals surface area contributed by atoms with Crippen LogP contribution in [0.15, 0.2) is 6.20 Å². The van der Waals surface area contributed by atoms with Crippen LogP contribution in [0.3, 0.4) is 0 Å². The summed E-state index contributed by atoms with van der Waals surface area (Å²) >= 11 is 0. The number of aromatic nitrogens is 2. The Balaban J connectivity index is 2.63. The van der Waals surface area contributed by atoms with Gasteiger partial charge in [-0.15, -0.1) is 0 Å². The Morgan fingerprint density at radius 3 is 2.90 bits per heavy atom. The molecule has 5 nitrogen and oxygen atoms in total. The highest BCUT2D eigenvalue weighted by Gasteiger charge is 2.29. The van der Waals surface area contributed by atoms with Gasteiger partial charge in [0.1, 0.15) is 5.69 Å². The van der Waals surface area contributed by atoms with Crippen LogP contribution in [-0.4, -0.2) is 21.9 Å². The number of aromatic amines is 1. The van der Waals surface area contributed by atoms with E-state index >= 15 is 0 Å². The number of rotatable bonds is 0. The van der Waals surface area contributed by atoms with Gasteiger partial charge in [-0.1, -0.05) is 0 Å². The van der Waals surface area contributed by atoms with Gasteiger partial charge < -0.3 is 5.32 Å². The van der Waals surface area contributed by atoms with E-state index in [2.05, 4.69) is 15.5 Å². The Kier molecular flexibility index (Phi) is 0.743. The first-order valence-electron chi connectivity index (χ1n) is 2.68. The molecular weight excluding hydrogens is 134 g/mol. The van der Waals surface area contributed by atoms with Gasteiger partial charge in [-0.25, -0.2) is 0 Å².